The maximum Gasteiger partial charge on any atom is 0.286 e. The van der Waals surface area contributed by atoms with Crippen LogP contribution in [-0.2, 0) is 0 Å². The fourth-order valence-electron chi connectivity index (χ4n) is 1.62. The lowest BCUT2D eigenvalue weighted by atomic mass is 10.2. The SMILES string of the molecule is CC(=O)c1c[nH]c(C(=O)NNC(=O)c2ccccc2Br)c1. The zero-order valence-electron chi connectivity index (χ0n) is 11.1. The van der Waals surface area contributed by atoms with Crippen molar-refractivity contribution in [2.75, 3.05) is 0 Å². The first-order valence-corrected chi connectivity index (χ1v) is 6.83. The molecule has 0 fully saturated rings. The number of hydrogen-bond acceptors (Lipinski definition) is 3. The highest BCUT2D eigenvalue weighted by atomic mass is 79.9. The van der Waals surface area contributed by atoms with E-state index < -0.39 is 11.8 Å². The number of hydrazine groups is 1. The molecule has 0 spiro atoms. The minimum Gasteiger partial charge on any atom is -0.356 e. The Balaban J connectivity index is 1.99. The molecule has 2 amide bonds. The summed E-state index contributed by atoms with van der Waals surface area (Å²) in [4.78, 5) is 37.5. The number of halogens is 1. The van der Waals surface area contributed by atoms with Gasteiger partial charge in [0.2, 0.25) is 0 Å². The van der Waals surface area contributed by atoms with Crippen LogP contribution in [0.5, 0.6) is 0 Å². The molecule has 7 heteroatoms. The number of benzene rings is 1. The highest BCUT2D eigenvalue weighted by molar-refractivity contribution is 9.10. The molecule has 0 bridgehead atoms. The van der Waals surface area contributed by atoms with E-state index in [0.717, 1.165) is 0 Å². The lowest BCUT2D eigenvalue weighted by molar-refractivity contribution is 0.0844. The monoisotopic (exact) mass is 349 g/mol. The Hall–Kier alpha value is -2.41. The van der Waals surface area contributed by atoms with E-state index in [9.17, 15) is 14.4 Å². The molecule has 3 N–H and O–H groups in total. The second kappa shape index (κ2) is 6.36. The Bertz CT molecular complexity index is 709. The summed E-state index contributed by atoms with van der Waals surface area (Å²) < 4.78 is 0.621. The Morgan fingerprint density at radius 2 is 1.76 bits per heavy atom. The second-order valence-electron chi connectivity index (χ2n) is 4.25. The van der Waals surface area contributed by atoms with Crippen LogP contribution in [0.3, 0.4) is 0 Å². The molecule has 21 heavy (non-hydrogen) atoms. The number of amides is 2. The molecule has 1 aromatic carbocycles. The zero-order chi connectivity index (χ0) is 15.4. The van der Waals surface area contributed by atoms with E-state index in [-0.39, 0.29) is 11.5 Å². The van der Waals surface area contributed by atoms with Gasteiger partial charge in [-0.25, -0.2) is 0 Å². The van der Waals surface area contributed by atoms with Gasteiger partial charge in [-0.1, -0.05) is 12.1 Å². The van der Waals surface area contributed by atoms with E-state index in [1.807, 2.05) is 0 Å². The minimum atomic E-state index is -0.539. The molecule has 0 aliphatic heterocycles. The summed E-state index contributed by atoms with van der Waals surface area (Å²) in [6.45, 7) is 1.40. The smallest absolute Gasteiger partial charge is 0.286 e. The van der Waals surface area contributed by atoms with Crippen LogP contribution in [0.15, 0.2) is 41.0 Å². The molecule has 0 atom stereocenters. The number of aromatic nitrogens is 1. The summed E-state index contributed by atoms with van der Waals surface area (Å²) in [6, 6.07) is 8.25. The molecular formula is C14H12BrN3O3. The number of nitrogens with one attached hydrogen (secondary N) is 3. The first-order chi connectivity index (χ1) is 9.99. The fourth-order valence-corrected chi connectivity index (χ4v) is 2.09. The van der Waals surface area contributed by atoms with Crippen LogP contribution in [0.4, 0.5) is 0 Å². The van der Waals surface area contributed by atoms with Crippen LogP contribution in [0.1, 0.15) is 38.1 Å². The maximum atomic E-state index is 11.9. The molecule has 0 saturated heterocycles. The van der Waals surface area contributed by atoms with Gasteiger partial charge >= 0.3 is 0 Å². The van der Waals surface area contributed by atoms with Gasteiger partial charge in [-0.2, -0.15) is 0 Å². The van der Waals surface area contributed by atoms with Gasteiger partial charge in [-0.3, -0.25) is 25.2 Å². The van der Waals surface area contributed by atoms with Crippen LogP contribution in [0.25, 0.3) is 0 Å². The third-order valence-electron chi connectivity index (χ3n) is 2.74. The number of aromatic amines is 1. The van der Waals surface area contributed by atoms with Gasteiger partial charge in [0.25, 0.3) is 11.8 Å². The largest absolute Gasteiger partial charge is 0.356 e. The third-order valence-corrected chi connectivity index (χ3v) is 3.43. The first kappa shape index (κ1) is 15.0. The van der Waals surface area contributed by atoms with Crippen molar-refractivity contribution >= 4 is 33.5 Å². The highest BCUT2D eigenvalue weighted by Gasteiger charge is 2.13. The van der Waals surface area contributed by atoms with E-state index in [1.165, 1.54) is 19.2 Å². The Kier molecular flexibility index (Phi) is 4.54. The predicted octanol–water partition coefficient (Wildman–Crippen LogP) is 2.05. The van der Waals surface area contributed by atoms with E-state index in [1.54, 1.807) is 24.3 Å². The summed E-state index contributed by atoms with van der Waals surface area (Å²) in [5.41, 5.74) is 5.56. The summed E-state index contributed by atoms with van der Waals surface area (Å²) in [5.74, 6) is -1.14. The Morgan fingerprint density at radius 1 is 1.10 bits per heavy atom. The van der Waals surface area contributed by atoms with Crippen LogP contribution < -0.4 is 10.9 Å². The topological polar surface area (TPSA) is 91.1 Å². The number of carbonyl (C=O) groups excluding carboxylic acids is 3. The summed E-state index contributed by atoms with van der Waals surface area (Å²) in [7, 11) is 0. The maximum absolute atomic E-state index is 11.9. The first-order valence-electron chi connectivity index (χ1n) is 6.03. The second-order valence-corrected chi connectivity index (χ2v) is 5.10. The average molecular weight is 350 g/mol. The molecule has 6 nitrogen and oxygen atoms in total. The van der Waals surface area contributed by atoms with Crippen molar-refractivity contribution in [2.24, 2.45) is 0 Å². The molecule has 1 heterocycles. The van der Waals surface area contributed by atoms with Gasteiger partial charge in [-0.15, -0.1) is 0 Å². The van der Waals surface area contributed by atoms with Gasteiger partial charge in [0.05, 0.1) is 5.56 Å². The summed E-state index contributed by atoms with van der Waals surface area (Å²) in [5, 5.41) is 0. The van der Waals surface area contributed by atoms with Gasteiger partial charge in [0.1, 0.15) is 5.69 Å². The van der Waals surface area contributed by atoms with Crippen molar-refractivity contribution in [1.29, 1.82) is 0 Å². The lowest BCUT2D eigenvalue weighted by Crippen LogP contribution is -2.41. The van der Waals surface area contributed by atoms with Gasteiger partial charge in [0, 0.05) is 16.2 Å². The van der Waals surface area contributed by atoms with Crippen molar-refractivity contribution in [1.82, 2.24) is 15.8 Å². The van der Waals surface area contributed by atoms with Crippen molar-refractivity contribution in [2.45, 2.75) is 6.92 Å². The molecule has 1 aromatic heterocycles. The number of rotatable bonds is 3. The highest BCUT2D eigenvalue weighted by Crippen LogP contribution is 2.15. The minimum absolute atomic E-state index is 0.150. The lowest BCUT2D eigenvalue weighted by Gasteiger charge is -2.07. The van der Waals surface area contributed by atoms with Gasteiger partial charge in [-0.05, 0) is 41.1 Å². The Morgan fingerprint density at radius 3 is 2.38 bits per heavy atom. The molecule has 0 saturated carbocycles. The number of hydrogen-bond donors (Lipinski definition) is 3. The van der Waals surface area contributed by atoms with E-state index in [4.69, 9.17) is 0 Å². The number of H-pyrrole nitrogens is 1. The standard InChI is InChI=1S/C14H12BrN3O3/c1-8(19)9-6-12(16-7-9)14(21)18-17-13(20)10-4-2-3-5-11(10)15/h2-7,16H,1H3,(H,17,20)(H,18,21). The molecule has 0 radical (unpaired) electrons. The van der Waals surface area contributed by atoms with Crippen molar-refractivity contribution in [3.8, 4) is 0 Å². The molecular weight excluding hydrogens is 338 g/mol. The van der Waals surface area contributed by atoms with Crippen molar-refractivity contribution < 1.29 is 14.4 Å². The van der Waals surface area contributed by atoms with Crippen molar-refractivity contribution in [3.63, 3.8) is 0 Å². The van der Waals surface area contributed by atoms with E-state index in [0.29, 0.717) is 15.6 Å². The molecule has 0 unspecified atom stereocenters. The fraction of sp³-hybridized carbons (Fsp3) is 0.0714. The normalized spacial score (nSPS) is 10.0. The molecule has 108 valence electrons. The molecule has 0 aliphatic rings. The summed E-state index contributed by atoms with van der Waals surface area (Å²) in [6.07, 6.45) is 1.44. The third kappa shape index (κ3) is 3.57. The predicted molar refractivity (Wildman–Crippen MR) is 79.9 cm³/mol. The average Bonchev–Trinajstić information content (AvgIpc) is 2.95. The van der Waals surface area contributed by atoms with Crippen LogP contribution in [0, 0.1) is 0 Å². The molecule has 2 rings (SSSR count). The van der Waals surface area contributed by atoms with Gasteiger partial charge < -0.3 is 4.98 Å². The number of Topliss-reactive ketones (excluding diaryl/α,β-unsaturated/α-hetero) is 1. The quantitative estimate of drug-likeness (QED) is 0.585. The van der Waals surface area contributed by atoms with E-state index >= 15 is 0 Å². The van der Waals surface area contributed by atoms with Crippen molar-refractivity contribution in [3.05, 3.63) is 57.8 Å². The molecule has 2 aromatic rings. The number of ketones is 1. The van der Waals surface area contributed by atoms with Crippen LogP contribution in [-0.4, -0.2) is 22.6 Å². The van der Waals surface area contributed by atoms with Gasteiger partial charge in [0.15, 0.2) is 5.78 Å². The van der Waals surface area contributed by atoms with Crippen LogP contribution >= 0.6 is 15.9 Å². The summed E-state index contributed by atoms with van der Waals surface area (Å²) >= 11 is 3.25. The zero-order valence-corrected chi connectivity index (χ0v) is 12.7. The van der Waals surface area contributed by atoms with Crippen LogP contribution in [0.2, 0.25) is 0 Å². The number of carbonyl (C=O) groups is 3. The van der Waals surface area contributed by atoms with E-state index in [2.05, 4.69) is 31.8 Å². The Labute approximate surface area is 129 Å². The molecule has 0 aliphatic carbocycles.